The first-order chi connectivity index (χ1) is 6.72. The van der Waals surface area contributed by atoms with Crippen molar-refractivity contribution in [2.75, 3.05) is 6.54 Å². The van der Waals surface area contributed by atoms with Crippen molar-refractivity contribution in [3.8, 4) is 6.01 Å². The van der Waals surface area contributed by atoms with Crippen molar-refractivity contribution in [1.82, 2.24) is 9.97 Å². The van der Waals surface area contributed by atoms with E-state index < -0.39 is 0 Å². The molecule has 1 aromatic rings. The van der Waals surface area contributed by atoms with Crippen molar-refractivity contribution in [3.05, 3.63) is 18.0 Å². The topological polar surface area (TPSA) is 61.0 Å². The fraction of sp³-hybridized carbons (Fsp3) is 0.600. The minimum atomic E-state index is 0.116. The van der Waals surface area contributed by atoms with E-state index in [2.05, 4.69) is 9.97 Å². The summed E-state index contributed by atoms with van der Waals surface area (Å²) in [6.45, 7) is 4.60. The molecule has 1 heterocycles. The predicted molar refractivity (Wildman–Crippen MR) is 55.2 cm³/mol. The molecule has 0 fully saturated rings. The Bertz CT molecular complexity index is 259. The Morgan fingerprint density at radius 3 is 2.50 bits per heavy atom. The highest BCUT2D eigenvalue weighted by atomic mass is 16.5. The van der Waals surface area contributed by atoms with E-state index in [9.17, 15) is 0 Å². The van der Waals surface area contributed by atoms with Crippen LogP contribution in [-0.4, -0.2) is 22.6 Å². The quantitative estimate of drug-likeness (QED) is 0.765. The Balaban J connectivity index is 2.50. The van der Waals surface area contributed by atoms with Gasteiger partial charge in [-0.15, -0.1) is 0 Å². The van der Waals surface area contributed by atoms with Crippen LogP contribution in [0.1, 0.15) is 25.8 Å². The van der Waals surface area contributed by atoms with Crippen LogP contribution in [0, 0.1) is 0 Å². The largest absolute Gasteiger partial charge is 0.461 e. The number of hydrogen-bond acceptors (Lipinski definition) is 4. The normalized spacial score (nSPS) is 10.6. The molecule has 0 spiro atoms. The minimum Gasteiger partial charge on any atom is -0.461 e. The fourth-order valence-corrected chi connectivity index (χ4v) is 1.05. The van der Waals surface area contributed by atoms with Gasteiger partial charge in [-0.2, -0.15) is 0 Å². The molecule has 0 aromatic carbocycles. The van der Waals surface area contributed by atoms with Crippen LogP contribution < -0.4 is 10.5 Å². The number of rotatable bonds is 5. The van der Waals surface area contributed by atoms with Gasteiger partial charge in [-0.05, 0) is 38.8 Å². The first-order valence-electron chi connectivity index (χ1n) is 4.90. The number of ether oxygens (including phenoxy) is 1. The second kappa shape index (κ2) is 5.54. The minimum absolute atomic E-state index is 0.116. The van der Waals surface area contributed by atoms with Crippen molar-refractivity contribution in [2.45, 2.75) is 32.8 Å². The molecule has 0 saturated heterocycles. The van der Waals surface area contributed by atoms with E-state index in [-0.39, 0.29) is 6.10 Å². The molecule has 0 aliphatic rings. The Morgan fingerprint density at radius 1 is 1.36 bits per heavy atom. The summed E-state index contributed by atoms with van der Waals surface area (Å²) >= 11 is 0. The zero-order chi connectivity index (χ0) is 10.4. The third-order valence-electron chi connectivity index (χ3n) is 1.69. The van der Waals surface area contributed by atoms with Crippen LogP contribution in [0.2, 0.25) is 0 Å². The van der Waals surface area contributed by atoms with Crippen LogP contribution in [0.3, 0.4) is 0 Å². The lowest BCUT2D eigenvalue weighted by Crippen LogP contribution is -2.08. The highest BCUT2D eigenvalue weighted by Crippen LogP contribution is 2.06. The molecule has 4 heteroatoms. The van der Waals surface area contributed by atoms with Crippen molar-refractivity contribution >= 4 is 0 Å². The van der Waals surface area contributed by atoms with E-state index in [1.54, 1.807) is 12.4 Å². The number of nitrogens with two attached hydrogens (primary N) is 1. The Kier molecular flexibility index (Phi) is 4.32. The average molecular weight is 195 g/mol. The summed E-state index contributed by atoms with van der Waals surface area (Å²) in [7, 11) is 0. The SMILES string of the molecule is CC(C)Oc1ncc(CCCN)cn1. The molecule has 78 valence electrons. The van der Waals surface area contributed by atoms with Gasteiger partial charge in [-0.25, -0.2) is 9.97 Å². The Labute approximate surface area is 84.5 Å². The van der Waals surface area contributed by atoms with Crippen LogP contribution in [0.5, 0.6) is 6.01 Å². The zero-order valence-electron chi connectivity index (χ0n) is 8.73. The number of nitrogens with zero attached hydrogens (tertiary/aromatic N) is 2. The molecule has 0 aliphatic heterocycles. The summed E-state index contributed by atoms with van der Waals surface area (Å²) in [5.41, 5.74) is 6.51. The van der Waals surface area contributed by atoms with Crippen molar-refractivity contribution in [1.29, 1.82) is 0 Å². The first kappa shape index (κ1) is 10.9. The average Bonchev–Trinajstić information content (AvgIpc) is 2.16. The highest BCUT2D eigenvalue weighted by molar-refractivity contribution is 5.07. The molecule has 0 unspecified atom stereocenters. The molecule has 14 heavy (non-hydrogen) atoms. The van der Waals surface area contributed by atoms with Gasteiger partial charge in [0.05, 0.1) is 6.10 Å². The first-order valence-corrected chi connectivity index (χ1v) is 4.90. The van der Waals surface area contributed by atoms with Crippen molar-refractivity contribution in [3.63, 3.8) is 0 Å². The second-order valence-corrected chi connectivity index (χ2v) is 3.43. The molecule has 0 radical (unpaired) electrons. The van der Waals surface area contributed by atoms with Crippen LogP contribution in [0.25, 0.3) is 0 Å². The zero-order valence-corrected chi connectivity index (χ0v) is 8.73. The Morgan fingerprint density at radius 2 is 2.00 bits per heavy atom. The van der Waals surface area contributed by atoms with Crippen molar-refractivity contribution in [2.24, 2.45) is 5.73 Å². The van der Waals surface area contributed by atoms with Gasteiger partial charge in [-0.1, -0.05) is 0 Å². The van der Waals surface area contributed by atoms with E-state index >= 15 is 0 Å². The maximum Gasteiger partial charge on any atom is 0.316 e. The lowest BCUT2D eigenvalue weighted by Gasteiger charge is -2.07. The summed E-state index contributed by atoms with van der Waals surface area (Å²) in [4.78, 5) is 8.20. The van der Waals surface area contributed by atoms with E-state index in [1.807, 2.05) is 13.8 Å². The molecule has 0 amide bonds. The smallest absolute Gasteiger partial charge is 0.316 e. The van der Waals surface area contributed by atoms with Crippen LogP contribution >= 0.6 is 0 Å². The molecular weight excluding hydrogens is 178 g/mol. The van der Waals surface area contributed by atoms with Gasteiger partial charge in [-0.3, -0.25) is 0 Å². The molecule has 0 aliphatic carbocycles. The molecule has 1 rings (SSSR count). The van der Waals surface area contributed by atoms with E-state index in [4.69, 9.17) is 10.5 Å². The van der Waals surface area contributed by atoms with Gasteiger partial charge < -0.3 is 10.5 Å². The maximum atomic E-state index is 5.41. The second-order valence-electron chi connectivity index (χ2n) is 3.43. The van der Waals surface area contributed by atoms with E-state index in [1.165, 1.54) is 0 Å². The van der Waals surface area contributed by atoms with Crippen LogP contribution in [-0.2, 0) is 6.42 Å². The van der Waals surface area contributed by atoms with Crippen LogP contribution in [0.4, 0.5) is 0 Å². The molecule has 2 N–H and O–H groups in total. The third-order valence-corrected chi connectivity index (χ3v) is 1.69. The lowest BCUT2D eigenvalue weighted by atomic mass is 10.2. The molecule has 0 bridgehead atoms. The number of aromatic nitrogens is 2. The molecular formula is C10H17N3O. The lowest BCUT2D eigenvalue weighted by molar-refractivity contribution is 0.222. The van der Waals surface area contributed by atoms with Gasteiger partial charge in [0.2, 0.25) is 0 Å². The Hall–Kier alpha value is -1.16. The van der Waals surface area contributed by atoms with Crippen LogP contribution in [0.15, 0.2) is 12.4 Å². The van der Waals surface area contributed by atoms with Crippen molar-refractivity contribution < 1.29 is 4.74 Å². The van der Waals surface area contributed by atoms with Gasteiger partial charge in [0.15, 0.2) is 0 Å². The van der Waals surface area contributed by atoms with Gasteiger partial charge in [0, 0.05) is 12.4 Å². The third kappa shape index (κ3) is 3.70. The van der Waals surface area contributed by atoms with Gasteiger partial charge in [0.25, 0.3) is 0 Å². The van der Waals surface area contributed by atoms with E-state index in [0.717, 1.165) is 18.4 Å². The van der Waals surface area contributed by atoms with Gasteiger partial charge in [0.1, 0.15) is 0 Å². The monoisotopic (exact) mass is 195 g/mol. The summed E-state index contributed by atoms with van der Waals surface area (Å²) in [5, 5.41) is 0. The molecule has 4 nitrogen and oxygen atoms in total. The maximum absolute atomic E-state index is 5.41. The number of aryl methyl sites for hydroxylation is 1. The standard InChI is InChI=1S/C10H17N3O/c1-8(2)14-10-12-6-9(7-13-10)4-3-5-11/h6-8H,3-5,11H2,1-2H3. The molecule has 0 saturated carbocycles. The summed E-state index contributed by atoms with van der Waals surface area (Å²) in [5.74, 6) is 0. The predicted octanol–water partition coefficient (Wildman–Crippen LogP) is 1.16. The summed E-state index contributed by atoms with van der Waals surface area (Å²) in [6.07, 6.45) is 5.59. The van der Waals surface area contributed by atoms with Gasteiger partial charge >= 0.3 is 6.01 Å². The summed E-state index contributed by atoms with van der Waals surface area (Å²) in [6, 6.07) is 0.441. The number of hydrogen-bond donors (Lipinski definition) is 1. The molecule has 1 aromatic heterocycles. The highest BCUT2D eigenvalue weighted by Gasteiger charge is 2.00. The van der Waals surface area contributed by atoms with E-state index in [0.29, 0.717) is 12.6 Å². The fourth-order valence-electron chi connectivity index (χ4n) is 1.05. The molecule has 0 atom stereocenters. The summed E-state index contributed by atoms with van der Waals surface area (Å²) < 4.78 is 5.33.